The number of primary amides is 1. The van der Waals surface area contributed by atoms with E-state index >= 15 is 0 Å². The summed E-state index contributed by atoms with van der Waals surface area (Å²) in [6, 6.07) is 6.27. The van der Waals surface area contributed by atoms with Crippen LogP contribution in [0.1, 0.15) is 43.2 Å². The molecule has 1 amide bonds. The summed E-state index contributed by atoms with van der Waals surface area (Å²) in [5.74, 6) is -1.26. The summed E-state index contributed by atoms with van der Waals surface area (Å²) in [5, 5.41) is 14.3. The monoisotopic (exact) mass is 399 g/mol. The molecule has 1 aromatic carbocycles. The largest absolute Gasteiger partial charge is 0.365 e. The molecule has 0 radical (unpaired) electrons. The van der Waals surface area contributed by atoms with Crippen molar-refractivity contribution in [3.05, 3.63) is 41.3 Å². The number of halogens is 1. The molecule has 0 aliphatic rings. The summed E-state index contributed by atoms with van der Waals surface area (Å²) in [5.41, 5.74) is 13.9. The average Bonchev–Trinajstić information content (AvgIpc) is 3.09. The van der Waals surface area contributed by atoms with Crippen LogP contribution in [0.2, 0.25) is 0 Å². The molecular formula is C20H26FN7O. The van der Waals surface area contributed by atoms with E-state index in [-0.39, 0.29) is 29.3 Å². The molecule has 0 saturated heterocycles. The van der Waals surface area contributed by atoms with E-state index in [9.17, 15) is 9.18 Å². The zero-order valence-corrected chi connectivity index (χ0v) is 16.7. The molecule has 0 aliphatic heterocycles. The average molecular weight is 399 g/mol. The zero-order chi connectivity index (χ0) is 21.1. The first-order valence-corrected chi connectivity index (χ1v) is 9.60. The van der Waals surface area contributed by atoms with Crippen LogP contribution in [0.5, 0.6) is 0 Å². The van der Waals surface area contributed by atoms with E-state index < -0.39 is 11.7 Å². The SMILES string of the molecule is CCc1[nH]nc2ccc(Nc3nc(N[C@H](CC)[C@H](C)N)c(F)cc3C(N)=O)cc12. The fourth-order valence-electron chi connectivity index (χ4n) is 3.20. The van der Waals surface area contributed by atoms with E-state index in [2.05, 4.69) is 25.8 Å². The van der Waals surface area contributed by atoms with Crippen LogP contribution in [0.25, 0.3) is 10.9 Å². The molecule has 2 heterocycles. The number of nitrogens with one attached hydrogen (secondary N) is 3. The lowest BCUT2D eigenvalue weighted by Gasteiger charge is -2.22. The number of amides is 1. The molecule has 0 unspecified atom stereocenters. The molecule has 0 saturated carbocycles. The second-order valence-corrected chi connectivity index (χ2v) is 7.01. The maximum atomic E-state index is 14.5. The second kappa shape index (κ2) is 8.44. The molecule has 2 aromatic heterocycles. The highest BCUT2D eigenvalue weighted by atomic mass is 19.1. The van der Waals surface area contributed by atoms with Gasteiger partial charge in [0.25, 0.3) is 5.91 Å². The predicted molar refractivity (Wildman–Crippen MR) is 113 cm³/mol. The number of anilines is 3. The number of benzene rings is 1. The van der Waals surface area contributed by atoms with Gasteiger partial charge in [-0.1, -0.05) is 13.8 Å². The number of aromatic amines is 1. The number of aromatic nitrogens is 3. The van der Waals surface area contributed by atoms with Gasteiger partial charge in [-0.3, -0.25) is 9.89 Å². The molecule has 2 atom stereocenters. The van der Waals surface area contributed by atoms with Gasteiger partial charge >= 0.3 is 0 Å². The van der Waals surface area contributed by atoms with Crippen molar-refractivity contribution in [2.45, 2.75) is 45.7 Å². The number of carbonyl (C=O) groups is 1. The minimum atomic E-state index is -0.775. The van der Waals surface area contributed by atoms with E-state index in [1.807, 2.05) is 39.0 Å². The number of H-pyrrole nitrogens is 1. The van der Waals surface area contributed by atoms with Crippen molar-refractivity contribution >= 4 is 34.1 Å². The summed E-state index contributed by atoms with van der Waals surface area (Å²) in [6.45, 7) is 5.81. The van der Waals surface area contributed by atoms with Gasteiger partial charge in [0.05, 0.1) is 11.1 Å². The van der Waals surface area contributed by atoms with E-state index in [0.717, 1.165) is 29.1 Å². The van der Waals surface area contributed by atoms with Crippen molar-refractivity contribution in [2.75, 3.05) is 10.6 Å². The van der Waals surface area contributed by atoms with Crippen LogP contribution in [-0.4, -0.2) is 33.2 Å². The topological polar surface area (TPSA) is 135 Å². The van der Waals surface area contributed by atoms with Crippen LogP contribution >= 0.6 is 0 Å². The number of nitrogens with zero attached hydrogens (tertiary/aromatic N) is 2. The van der Waals surface area contributed by atoms with Gasteiger partial charge in [0.15, 0.2) is 11.6 Å². The van der Waals surface area contributed by atoms with Crippen molar-refractivity contribution in [3.63, 3.8) is 0 Å². The minimum absolute atomic E-state index is 0.0142. The molecule has 0 spiro atoms. The van der Waals surface area contributed by atoms with Gasteiger partial charge in [-0.25, -0.2) is 9.37 Å². The molecule has 8 nitrogen and oxygen atoms in total. The molecule has 0 fully saturated rings. The Kier molecular flexibility index (Phi) is 5.97. The minimum Gasteiger partial charge on any atom is -0.365 e. The predicted octanol–water partition coefficient (Wildman–Crippen LogP) is 3.04. The number of aryl methyl sites for hydroxylation is 1. The number of carbonyl (C=O) groups excluding carboxylic acids is 1. The van der Waals surface area contributed by atoms with E-state index in [0.29, 0.717) is 12.1 Å². The lowest BCUT2D eigenvalue weighted by molar-refractivity contribution is 0.100. The Balaban J connectivity index is 2.00. The van der Waals surface area contributed by atoms with E-state index in [1.165, 1.54) is 0 Å². The molecule has 9 heteroatoms. The number of rotatable bonds is 8. The van der Waals surface area contributed by atoms with Crippen LogP contribution in [0.15, 0.2) is 24.3 Å². The maximum Gasteiger partial charge on any atom is 0.252 e. The van der Waals surface area contributed by atoms with Crippen LogP contribution < -0.4 is 22.1 Å². The van der Waals surface area contributed by atoms with Gasteiger partial charge in [-0.05, 0) is 44.0 Å². The molecule has 0 bridgehead atoms. The summed E-state index contributed by atoms with van der Waals surface area (Å²) < 4.78 is 14.5. The van der Waals surface area contributed by atoms with Crippen molar-refractivity contribution < 1.29 is 9.18 Å². The quantitative estimate of drug-likeness (QED) is 0.395. The van der Waals surface area contributed by atoms with Crippen molar-refractivity contribution in [1.29, 1.82) is 0 Å². The summed E-state index contributed by atoms with van der Waals surface area (Å²) in [6.07, 6.45) is 1.49. The summed E-state index contributed by atoms with van der Waals surface area (Å²) in [7, 11) is 0. The second-order valence-electron chi connectivity index (χ2n) is 7.01. The molecular weight excluding hydrogens is 373 g/mol. The highest BCUT2D eigenvalue weighted by Gasteiger charge is 2.19. The van der Waals surface area contributed by atoms with Crippen LogP contribution in [0, 0.1) is 5.82 Å². The molecule has 7 N–H and O–H groups in total. The van der Waals surface area contributed by atoms with Crippen LogP contribution in [-0.2, 0) is 6.42 Å². The Morgan fingerprint density at radius 2 is 2.03 bits per heavy atom. The van der Waals surface area contributed by atoms with Gasteiger partial charge in [0, 0.05) is 28.9 Å². The number of hydrogen-bond donors (Lipinski definition) is 5. The normalized spacial score (nSPS) is 13.3. The number of fused-ring (bicyclic) bond motifs is 1. The number of pyridine rings is 1. The van der Waals surface area contributed by atoms with Gasteiger partial charge in [0.1, 0.15) is 5.82 Å². The lowest BCUT2D eigenvalue weighted by Crippen LogP contribution is -2.38. The molecule has 0 aliphatic carbocycles. The van der Waals surface area contributed by atoms with Gasteiger partial charge in [-0.2, -0.15) is 5.10 Å². The smallest absolute Gasteiger partial charge is 0.252 e. The van der Waals surface area contributed by atoms with Crippen molar-refractivity contribution in [1.82, 2.24) is 15.2 Å². The first-order valence-electron chi connectivity index (χ1n) is 9.60. The van der Waals surface area contributed by atoms with E-state index in [1.54, 1.807) is 0 Å². The van der Waals surface area contributed by atoms with Gasteiger partial charge in [0.2, 0.25) is 0 Å². The Morgan fingerprint density at radius 1 is 1.28 bits per heavy atom. The zero-order valence-electron chi connectivity index (χ0n) is 16.7. The third-order valence-electron chi connectivity index (χ3n) is 4.89. The highest BCUT2D eigenvalue weighted by Crippen LogP contribution is 2.27. The Hall–Kier alpha value is -3.20. The summed E-state index contributed by atoms with van der Waals surface area (Å²) in [4.78, 5) is 16.1. The lowest BCUT2D eigenvalue weighted by atomic mass is 10.1. The Bertz CT molecular complexity index is 1030. The maximum absolute atomic E-state index is 14.5. The van der Waals surface area contributed by atoms with E-state index in [4.69, 9.17) is 11.5 Å². The standard InChI is InChI=1S/C20H26FN7O/c1-4-15(10(3)22)25-20-14(21)9-13(18(23)29)19(26-20)24-11-6-7-17-12(8-11)16(5-2)27-28-17/h6-10,15H,4-5,22H2,1-3H3,(H2,23,29)(H,27,28)(H2,24,25,26)/t10-,15+/m0/s1. The number of hydrogen-bond acceptors (Lipinski definition) is 6. The first-order chi connectivity index (χ1) is 13.8. The molecule has 3 aromatic rings. The molecule has 29 heavy (non-hydrogen) atoms. The Morgan fingerprint density at radius 3 is 2.66 bits per heavy atom. The van der Waals surface area contributed by atoms with Gasteiger partial charge < -0.3 is 22.1 Å². The van der Waals surface area contributed by atoms with Crippen LogP contribution in [0.4, 0.5) is 21.7 Å². The third kappa shape index (κ3) is 4.29. The fraction of sp³-hybridized carbons (Fsp3) is 0.350. The first kappa shape index (κ1) is 20.5. The van der Waals surface area contributed by atoms with Crippen molar-refractivity contribution in [3.8, 4) is 0 Å². The highest BCUT2D eigenvalue weighted by molar-refractivity contribution is 5.99. The summed E-state index contributed by atoms with van der Waals surface area (Å²) >= 11 is 0. The Labute approximate surface area is 168 Å². The molecule has 3 rings (SSSR count). The van der Waals surface area contributed by atoms with Crippen LogP contribution in [0.3, 0.4) is 0 Å². The third-order valence-corrected chi connectivity index (χ3v) is 4.89. The number of nitrogens with two attached hydrogens (primary N) is 2. The molecule has 154 valence electrons. The fourth-order valence-corrected chi connectivity index (χ4v) is 3.20. The van der Waals surface area contributed by atoms with Gasteiger partial charge in [-0.15, -0.1) is 0 Å². The van der Waals surface area contributed by atoms with Crippen molar-refractivity contribution in [2.24, 2.45) is 11.5 Å².